The molecule has 31 heavy (non-hydrogen) atoms. The molecule has 5 heteroatoms. The van der Waals surface area contributed by atoms with Crippen LogP contribution in [0.1, 0.15) is 31.0 Å². The lowest BCUT2D eigenvalue weighted by Crippen LogP contribution is -2.29. The minimum absolute atomic E-state index is 0.0277. The molecule has 0 saturated carbocycles. The zero-order valence-corrected chi connectivity index (χ0v) is 17.4. The van der Waals surface area contributed by atoms with Crippen molar-refractivity contribution in [3.8, 4) is 5.75 Å². The van der Waals surface area contributed by atoms with Crippen molar-refractivity contribution in [3.63, 3.8) is 0 Å². The fraction of sp³-hybridized carbons (Fsp3) is 0.154. The van der Waals surface area contributed by atoms with Crippen molar-refractivity contribution >= 4 is 23.1 Å². The van der Waals surface area contributed by atoms with Crippen LogP contribution < -0.4 is 9.64 Å². The molecule has 5 nitrogen and oxygen atoms in total. The summed E-state index contributed by atoms with van der Waals surface area (Å²) in [6.45, 7) is 3.86. The number of hydrogen-bond acceptors (Lipinski definition) is 4. The van der Waals surface area contributed by atoms with Gasteiger partial charge in [0.1, 0.15) is 11.5 Å². The lowest BCUT2D eigenvalue weighted by atomic mass is 9.95. The average Bonchev–Trinajstić information content (AvgIpc) is 3.05. The van der Waals surface area contributed by atoms with E-state index in [9.17, 15) is 14.7 Å². The summed E-state index contributed by atoms with van der Waals surface area (Å²) in [6.07, 6.45) is -0.0277. The van der Waals surface area contributed by atoms with Crippen molar-refractivity contribution < 1.29 is 19.4 Å². The Kier molecular flexibility index (Phi) is 5.58. The molecule has 0 radical (unpaired) electrons. The van der Waals surface area contributed by atoms with Gasteiger partial charge in [-0.05, 0) is 43.7 Å². The van der Waals surface area contributed by atoms with Gasteiger partial charge in [0.25, 0.3) is 11.7 Å². The molecular formula is C26H23NO4. The largest absolute Gasteiger partial charge is 0.507 e. The Labute approximate surface area is 181 Å². The number of nitrogens with zero attached hydrogens (tertiary/aromatic N) is 1. The van der Waals surface area contributed by atoms with Crippen LogP contribution in [0.15, 0.2) is 90.5 Å². The number of carbonyl (C=O) groups is 2. The van der Waals surface area contributed by atoms with E-state index in [4.69, 9.17) is 4.74 Å². The van der Waals surface area contributed by atoms with Gasteiger partial charge in [0.15, 0.2) is 0 Å². The zero-order chi connectivity index (χ0) is 22.0. The van der Waals surface area contributed by atoms with Gasteiger partial charge in [-0.2, -0.15) is 0 Å². The highest BCUT2D eigenvalue weighted by Crippen LogP contribution is 2.42. The summed E-state index contributed by atoms with van der Waals surface area (Å²) in [5.74, 6) is -0.960. The molecule has 0 aromatic heterocycles. The lowest BCUT2D eigenvalue weighted by Gasteiger charge is -2.26. The first kappa shape index (κ1) is 20.4. The molecular weight excluding hydrogens is 390 g/mol. The van der Waals surface area contributed by atoms with Crippen LogP contribution >= 0.6 is 0 Å². The molecule has 1 aliphatic heterocycles. The summed E-state index contributed by atoms with van der Waals surface area (Å²) in [6, 6.07) is 24.3. The standard InChI is InChI=1S/C26H23NO4/c1-17(2)31-21-15-9-12-19(16-21)23-22(24(28)18-10-5-3-6-11-18)25(29)26(30)27(23)20-13-7-4-8-14-20/h3-17,23,28H,1-2H3/b24-22-. The number of Topliss-reactive ketones (excluding diaryl/α,β-unsaturated/α-hetero) is 1. The van der Waals surface area contributed by atoms with Crippen LogP contribution in [0.4, 0.5) is 5.69 Å². The molecule has 1 N–H and O–H groups in total. The van der Waals surface area contributed by atoms with Crippen LogP contribution in [0.2, 0.25) is 0 Å². The Balaban J connectivity index is 1.92. The Morgan fingerprint density at radius 3 is 2.19 bits per heavy atom. The molecule has 1 unspecified atom stereocenters. The first-order valence-electron chi connectivity index (χ1n) is 10.2. The van der Waals surface area contributed by atoms with Crippen LogP contribution in [0.5, 0.6) is 5.75 Å². The predicted octanol–water partition coefficient (Wildman–Crippen LogP) is 5.10. The number of aliphatic hydroxyl groups excluding tert-OH is 1. The molecule has 1 heterocycles. The van der Waals surface area contributed by atoms with E-state index in [1.54, 1.807) is 48.5 Å². The second-order valence-corrected chi connectivity index (χ2v) is 7.61. The molecule has 4 rings (SSSR count). The number of rotatable bonds is 5. The second kappa shape index (κ2) is 8.48. The van der Waals surface area contributed by atoms with E-state index in [0.29, 0.717) is 22.6 Å². The van der Waals surface area contributed by atoms with Gasteiger partial charge >= 0.3 is 0 Å². The van der Waals surface area contributed by atoms with Gasteiger partial charge in [0.05, 0.1) is 17.7 Å². The third-order valence-electron chi connectivity index (χ3n) is 5.07. The van der Waals surface area contributed by atoms with E-state index in [1.807, 2.05) is 50.2 Å². The Bertz CT molecular complexity index is 1140. The molecule has 1 aliphatic rings. The summed E-state index contributed by atoms with van der Waals surface area (Å²) in [5, 5.41) is 11.1. The van der Waals surface area contributed by atoms with Gasteiger partial charge in [0, 0.05) is 11.3 Å². The van der Waals surface area contributed by atoms with Crippen molar-refractivity contribution in [2.75, 3.05) is 4.90 Å². The average molecular weight is 413 g/mol. The van der Waals surface area contributed by atoms with Crippen LogP contribution in [0, 0.1) is 0 Å². The van der Waals surface area contributed by atoms with Gasteiger partial charge < -0.3 is 9.84 Å². The van der Waals surface area contributed by atoms with E-state index in [1.165, 1.54) is 4.90 Å². The maximum atomic E-state index is 13.1. The first-order valence-corrected chi connectivity index (χ1v) is 10.2. The maximum Gasteiger partial charge on any atom is 0.300 e. The van der Waals surface area contributed by atoms with Crippen LogP contribution in [0.25, 0.3) is 5.76 Å². The van der Waals surface area contributed by atoms with Gasteiger partial charge in [-0.3, -0.25) is 14.5 Å². The van der Waals surface area contributed by atoms with Crippen molar-refractivity contribution in [2.24, 2.45) is 0 Å². The SMILES string of the molecule is CC(C)Oc1cccc(C2/C(=C(/O)c3ccccc3)C(=O)C(=O)N2c2ccccc2)c1. The number of ether oxygens (including phenoxy) is 1. The van der Waals surface area contributed by atoms with E-state index in [0.717, 1.165) is 0 Å². The highest BCUT2D eigenvalue weighted by atomic mass is 16.5. The topological polar surface area (TPSA) is 66.8 Å². The molecule has 1 atom stereocenters. The summed E-state index contributed by atoms with van der Waals surface area (Å²) >= 11 is 0. The zero-order valence-electron chi connectivity index (χ0n) is 17.4. The number of amides is 1. The van der Waals surface area contributed by atoms with Gasteiger partial charge in [0.2, 0.25) is 0 Å². The molecule has 3 aromatic rings. The Morgan fingerprint density at radius 1 is 0.903 bits per heavy atom. The summed E-state index contributed by atoms with van der Waals surface area (Å²) in [5.41, 5.74) is 1.80. The molecule has 0 spiro atoms. The smallest absolute Gasteiger partial charge is 0.300 e. The molecule has 1 saturated heterocycles. The minimum atomic E-state index is -0.779. The van der Waals surface area contributed by atoms with Gasteiger partial charge in [-0.25, -0.2) is 0 Å². The molecule has 1 amide bonds. The normalized spacial score (nSPS) is 17.9. The number of para-hydroxylation sites is 1. The summed E-state index contributed by atoms with van der Waals surface area (Å²) in [4.78, 5) is 27.6. The fourth-order valence-corrected chi connectivity index (χ4v) is 3.78. The van der Waals surface area contributed by atoms with Gasteiger partial charge in [-0.15, -0.1) is 0 Å². The molecule has 3 aromatic carbocycles. The van der Waals surface area contributed by atoms with Crippen molar-refractivity contribution in [2.45, 2.75) is 26.0 Å². The highest BCUT2D eigenvalue weighted by molar-refractivity contribution is 6.51. The van der Waals surface area contributed by atoms with Crippen LogP contribution in [-0.2, 0) is 9.59 Å². The van der Waals surface area contributed by atoms with Crippen molar-refractivity contribution in [1.29, 1.82) is 0 Å². The number of ketones is 1. The third-order valence-corrected chi connectivity index (χ3v) is 5.07. The second-order valence-electron chi connectivity index (χ2n) is 7.61. The van der Waals surface area contributed by atoms with Gasteiger partial charge in [-0.1, -0.05) is 60.7 Å². The van der Waals surface area contributed by atoms with Crippen molar-refractivity contribution in [3.05, 3.63) is 102 Å². The number of benzene rings is 3. The van der Waals surface area contributed by atoms with Crippen LogP contribution in [0.3, 0.4) is 0 Å². The van der Waals surface area contributed by atoms with E-state index < -0.39 is 17.7 Å². The Hall–Kier alpha value is -3.86. The molecule has 0 aliphatic carbocycles. The molecule has 0 bridgehead atoms. The third kappa shape index (κ3) is 3.94. The number of anilines is 1. The number of carbonyl (C=O) groups excluding carboxylic acids is 2. The van der Waals surface area contributed by atoms with E-state index in [-0.39, 0.29) is 17.4 Å². The number of aliphatic hydroxyl groups is 1. The highest BCUT2D eigenvalue weighted by Gasteiger charge is 2.47. The summed E-state index contributed by atoms with van der Waals surface area (Å²) in [7, 11) is 0. The van der Waals surface area contributed by atoms with E-state index in [2.05, 4.69) is 0 Å². The van der Waals surface area contributed by atoms with Crippen molar-refractivity contribution in [1.82, 2.24) is 0 Å². The first-order chi connectivity index (χ1) is 15.0. The molecule has 156 valence electrons. The lowest BCUT2D eigenvalue weighted by molar-refractivity contribution is -0.132. The Morgan fingerprint density at radius 2 is 1.55 bits per heavy atom. The monoisotopic (exact) mass is 413 g/mol. The fourth-order valence-electron chi connectivity index (χ4n) is 3.78. The molecule has 1 fully saturated rings. The summed E-state index contributed by atoms with van der Waals surface area (Å²) < 4.78 is 5.82. The maximum absolute atomic E-state index is 13.1. The number of hydrogen-bond donors (Lipinski definition) is 1. The quantitative estimate of drug-likeness (QED) is 0.359. The van der Waals surface area contributed by atoms with Crippen LogP contribution in [-0.4, -0.2) is 22.9 Å². The van der Waals surface area contributed by atoms with E-state index >= 15 is 0 Å². The minimum Gasteiger partial charge on any atom is -0.507 e. The predicted molar refractivity (Wildman–Crippen MR) is 120 cm³/mol.